The van der Waals surface area contributed by atoms with Crippen LogP contribution >= 0.6 is 0 Å². The van der Waals surface area contributed by atoms with Crippen LogP contribution in [-0.4, -0.2) is 36.6 Å². The number of benzene rings is 1. The van der Waals surface area contributed by atoms with Crippen LogP contribution in [0, 0.1) is 5.92 Å². The minimum atomic E-state index is -0.546. The summed E-state index contributed by atoms with van der Waals surface area (Å²) in [6, 6.07) is 11.1. The van der Waals surface area contributed by atoms with Gasteiger partial charge in [0.05, 0.1) is 0 Å². The molecule has 1 aromatic heterocycles. The van der Waals surface area contributed by atoms with Gasteiger partial charge < -0.3 is 19.9 Å². The summed E-state index contributed by atoms with van der Waals surface area (Å²) >= 11 is 0. The molecule has 1 aliphatic heterocycles. The maximum atomic E-state index is 11.9. The SMILES string of the molecule is CC1CCN(c2ccc(NC(=O)COC(=O)c3ccc[nH]3)cc2)CC1. The van der Waals surface area contributed by atoms with E-state index in [0.29, 0.717) is 11.4 Å². The molecule has 0 atom stereocenters. The first kappa shape index (κ1) is 17.1. The lowest BCUT2D eigenvalue weighted by Crippen LogP contribution is -2.32. The number of amides is 1. The van der Waals surface area contributed by atoms with Gasteiger partial charge in [0.15, 0.2) is 6.61 Å². The third-order valence-electron chi connectivity index (χ3n) is 4.45. The Kier molecular flexibility index (Phi) is 5.38. The number of anilines is 2. The summed E-state index contributed by atoms with van der Waals surface area (Å²) in [5, 5.41) is 2.73. The lowest BCUT2D eigenvalue weighted by atomic mass is 9.99. The standard InChI is InChI=1S/C19H23N3O3/c1-14-8-11-22(12-9-14)16-6-4-15(5-7-16)21-18(23)13-25-19(24)17-3-2-10-20-17/h2-7,10,14,20H,8-9,11-13H2,1H3,(H,21,23). The monoisotopic (exact) mass is 341 g/mol. The Labute approximate surface area is 147 Å². The zero-order valence-corrected chi connectivity index (χ0v) is 14.3. The normalized spacial score (nSPS) is 15.0. The number of ether oxygens (including phenoxy) is 1. The highest BCUT2D eigenvalue weighted by Crippen LogP contribution is 2.24. The Bertz CT molecular complexity index is 702. The molecule has 2 N–H and O–H groups in total. The van der Waals surface area contributed by atoms with E-state index in [1.54, 1.807) is 18.3 Å². The lowest BCUT2D eigenvalue weighted by Gasteiger charge is -2.32. The summed E-state index contributed by atoms with van der Waals surface area (Å²) in [5.41, 5.74) is 2.19. The second-order valence-corrected chi connectivity index (χ2v) is 6.42. The number of hydrogen-bond acceptors (Lipinski definition) is 4. The smallest absolute Gasteiger partial charge is 0.355 e. The predicted octanol–water partition coefficient (Wildman–Crippen LogP) is 3.05. The Morgan fingerprint density at radius 1 is 1.20 bits per heavy atom. The molecule has 6 nitrogen and oxygen atoms in total. The summed E-state index contributed by atoms with van der Waals surface area (Å²) in [6.45, 7) is 4.12. The van der Waals surface area contributed by atoms with Gasteiger partial charge in [-0.2, -0.15) is 0 Å². The van der Waals surface area contributed by atoms with Crippen LogP contribution in [0.5, 0.6) is 0 Å². The summed E-state index contributed by atoms with van der Waals surface area (Å²) in [7, 11) is 0. The van der Waals surface area contributed by atoms with E-state index in [4.69, 9.17) is 4.74 Å². The van der Waals surface area contributed by atoms with Crippen LogP contribution in [0.2, 0.25) is 0 Å². The fourth-order valence-corrected chi connectivity index (χ4v) is 2.89. The Hall–Kier alpha value is -2.76. The van der Waals surface area contributed by atoms with Crippen LogP contribution in [0.1, 0.15) is 30.3 Å². The van der Waals surface area contributed by atoms with Gasteiger partial charge in [-0.15, -0.1) is 0 Å². The van der Waals surface area contributed by atoms with Gasteiger partial charge in [-0.3, -0.25) is 4.79 Å². The number of nitrogens with one attached hydrogen (secondary N) is 2. The summed E-state index contributed by atoms with van der Waals surface area (Å²) in [4.78, 5) is 28.7. The minimum Gasteiger partial charge on any atom is -0.451 e. The van der Waals surface area contributed by atoms with E-state index in [1.165, 1.54) is 18.5 Å². The summed E-state index contributed by atoms with van der Waals surface area (Å²) < 4.78 is 4.96. The molecule has 132 valence electrons. The van der Waals surface area contributed by atoms with Gasteiger partial charge in [0.25, 0.3) is 5.91 Å². The van der Waals surface area contributed by atoms with Gasteiger partial charge >= 0.3 is 5.97 Å². The van der Waals surface area contributed by atoms with E-state index in [9.17, 15) is 9.59 Å². The molecule has 6 heteroatoms. The van der Waals surface area contributed by atoms with E-state index in [-0.39, 0.29) is 12.5 Å². The molecule has 0 aliphatic carbocycles. The average Bonchev–Trinajstić information content (AvgIpc) is 3.16. The Balaban J connectivity index is 1.47. The largest absolute Gasteiger partial charge is 0.451 e. The quantitative estimate of drug-likeness (QED) is 0.820. The molecular weight excluding hydrogens is 318 g/mol. The molecule has 1 saturated heterocycles. The maximum absolute atomic E-state index is 11.9. The molecular formula is C19H23N3O3. The zero-order chi connectivity index (χ0) is 17.6. The van der Waals surface area contributed by atoms with Crippen LogP contribution in [0.15, 0.2) is 42.6 Å². The summed E-state index contributed by atoms with van der Waals surface area (Å²) in [6.07, 6.45) is 4.05. The third-order valence-corrected chi connectivity index (χ3v) is 4.45. The highest BCUT2D eigenvalue weighted by Gasteiger charge is 2.16. The molecule has 0 saturated carbocycles. The number of piperidine rings is 1. The topological polar surface area (TPSA) is 74.4 Å². The molecule has 2 heterocycles. The van der Waals surface area contributed by atoms with Gasteiger partial charge in [0.1, 0.15) is 5.69 Å². The molecule has 0 radical (unpaired) electrons. The van der Waals surface area contributed by atoms with Crippen LogP contribution in [0.25, 0.3) is 0 Å². The highest BCUT2D eigenvalue weighted by atomic mass is 16.5. The number of aromatic nitrogens is 1. The van der Waals surface area contributed by atoms with E-state index in [1.807, 2.05) is 24.3 Å². The second kappa shape index (κ2) is 7.88. The van der Waals surface area contributed by atoms with Crippen LogP contribution < -0.4 is 10.2 Å². The minimum absolute atomic E-state index is 0.316. The Morgan fingerprint density at radius 2 is 1.92 bits per heavy atom. The van der Waals surface area contributed by atoms with Crippen molar-refractivity contribution in [2.24, 2.45) is 5.92 Å². The number of esters is 1. The Morgan fingerprint density at radius 3 is 2.56 bits per heavy atom. The van der Waals surface area contributed by atoms with Crippen molar-refractivity contribution >= 4 is 23.3 Å². The van der Waals surface area contributed by atoms with Crippen LogP contribution in [-0.2, 0) is 9.53 Å². The molecule has 3 rings (SSSR count). The molecule has 0 unspecified atom stereocenters. The molecule has 0 bridgehead atoms. The van der Waals surface area contributed by atoms with Crippen LogP contribution in [0.3, 0.4) is 0 Å². The zero-order valence-electron chi connectivity index (χ0n) is 14.3. The molecule has 2 aromatic rings. The van der Waals surface area contributed by atoms with Gasteiger partial charge in [0.2, 0.25) is 0 Å². The van der Waals surface area contributed by atoms with Crippen LogP contribution in [0.4, 0.5) is 11.4 Å². The van der Waals surface area contributed by atoms with Gasteiger partial charge in [-0.1, -0.05) is 6.92 Å². The number of carbonyl (C=O) groups is 2. The number of carbonyl (C=O) groups excluding carboxylic acids is 2. The lowest BCUT2D eigenvalue weighted by molar-refractivity contribution is -0.119. The molecule has 1 aromatic carbocycles. The number of H-pyrrole nitrogens is 1. The second-order valence-electron chi connectivity index (χ2n) is 6.42. The van der Waals surface area contributed by atoms with Crippen molar-refractivity contribution in [2.45, 2.75) is 19.8 Å². The van der Waals surface area contributed by atoms with E-state index < -0.39 is 5.97 Å². The third kappa shape index (κ3) is 4.62. The number of rotatable bonds is 5. The summed E-state index contributed by atoms with van der Waals surface area (Å²) in [5.74, 6) is -0.113. The molecule has 0 spiro atoms. The van der Waals surface area contributed by atoms with E-state index in [0.717, 1.165) is 19.0 Å². The molecule has 1 fully saturated rings. The first-order chi connectivity index (χ1) is 12.1. The highest BCUT2D eigenvalue weighted by molar-refractivity contribution is 5.94. The van der Waals surface area contributed by atoms with Crippen molar-refractivity contribution in [2.75, 3.05) is 29.9 Å². The van der Waals surface area contributed by atoms with E-state index >= 15 is 0 Å². The fraction of sp³-hybridized carbons (Fsp3) is 0.368. The first-order valence-electron chi connectivity index (χ1n) is 8.57. The van der Waals surface area contributed by atoms with Crippen molar-refractivity contribution in [3.8, 4) is 0 Å². The van der Waals surface area contributed by atoms with Crippen molar-refractivity contribution < 1.29 is 14.3 Å². The molecule has 1 aliphatic rings. The van der Waals surface area contributed by atoms with Crippen molar-refractivity contribution in [1.82, 2.24) is 4.98 Å². The van der Waals surface area contributed by atoms with Crippen molar-refractivity contribution in [3.05, 3.63) is 48.3 Å². The van der Waals surface area contributed by atoms with Crippen molar-refractivity contribution in [1.29, 1.82) is 0 Å². The molecule has 25 heavy (non-hydrogen) atoms. The van der Waals surface area contributed by atoms with Crippen molar-refractivity contribution in [3.63, 3.8) is 0 Å². The fourth-order valence-electron chi connectivity index (χ4n) is 2.89. The van der Waals surface area contributed by atoms with Gasteiger partial charge in [-0.05, 0) is 55.2 Å². The maximum Gasteiger partial charge on any atom is 0.355 e. The first-order valence-corrected chi connectivity index (χ1v) is 8.57. The van der Waals surface area contributed by atoms with Gasteiger partial charge in [-0.25, -0.2) is 4.79 Å². The van der Waals surface area contributed by atoms with Gasteiger partial charge in [0, 0.05) is 30.7 Å². The molecule has 1 amide bonds. The number of hydrogen-bond donors (Lipinski definition) is 2. The predicted molar refractivity (Wildman–Crippen MR) is 96.8 cm³/mol. The van der Waals surface area contributed by atoms with E-state index in [2.05, 4.69) is 22.1 Å². The number of aromatic amines is 1. The number of nitrogens with zero attached hydrogens (tertiary/aromatic N) is 1. The average molecular weight is 341 g/mol.